The molecule has 2 rings (SSSR count). The summed E-state index contributed by atoms with van der Waals surface area (Å²) in [5.74, 6) is -0.878. The van der Waals surface area contributed by atoms with Crippen LogP contribution in [0.1, 0.15) is 15.9 Å². The molecule has 0 fully saturated rings. The van der Waals surface area contributed by atoms with E-state index >= 15 is 0 Å². The van der Waals surface area contributed by atoms with Gasteiger partial charge in [-0.25, -0.2) is 0 Å². The summed E-state index contributed by atoms with van der Waals surface area (Å²) in [6.45, 7) is 0. The van der Waals surface area contributed by atoms with Crippen molar-refractivity contribution in [1.29, 1.82) is 0 Å². The SMILES string of the molecule is O=C(/C=C/c1ccccc1Br)NNC(=O)c1cccc(Cl)c1. The van der Waals surface area contributed by atoms with Gasteiger partial charge in [0.15, 0.2) is 0 Å². The quantitative estimate of drug-likeness (QED) is 0.632. The Morgan fingerprint density at radius 3 is 2.55 bits per heavy atom. The zero-order valence-electron chi connectivity index (χ0n) is 11.3. The van der Waals surface area contributed by atoms with E-state index in [0.717, 1.165) is 10.0 Å². The third kappa shape index (κ3) is 4.72. The molecular weight excluding hydrogens is 368 g/mol. The maximum atomic E-state index is 11.8. The highest BCUT2D eigenvalue weighted by atomic mass is 79.9. The number of hydrogen-bond acceptors (Lipinski definition) is 2. The summed E-state index contributed by atoms with van der Waals surface area (Å²) >= 11 is 9.18. The minimum Gasteiger partial charge on any atom is -0.268 e. The third-order valence-corrected chi connectivity index (χ3v) is 3.66. The second-order valence-electron chi connectivity index (χ2n) is 4.31. The lowest BCUT2D eigenvalue weighted by molar-refractivity contribution is -0.117. The van der Waals surface area contributed by atoms with E-state index in [1.165, 1.54) is 12.1 Å². The van der Waals surface area contributed by atoms with E-state index < -0.39 is 11.8 Å². The third-order valence-electron chi connectivity index (χ3n) is 2.71. The summed E-state index contributed by atoms with van der Waals surface area (Å²) in [6.07, 6.45) is 2.98. The number of hydrogen-bond donors (Lipinski definition) is 2. The molecule has 0 saturated carbocycles. The summed E-state index contributed by atoms with van der Waals surface area (Å²) in [5.41, 5.74) is 5.85. The molecule has 0 unspecified atom stereocenters. The molecule has 0 aliphatic rings. The van der Waals surface area contributed by atoms with Gasteiger partial charge in [-0.3, -0.25) is 20.4 Å². The molecule has 2 amide bonds. The fraction of sp³-hybridized carbons (Fsp3) is 0. The summed E-state index contributed by atoms with van der Waals surface area (Å²) in [6, 6.07) is 13.9. The Kier molecular flexibility index (Phi) is 5.75. The zero-order valence-corrected chi connectivity index (χ0v) is 13.7. The average molecular weight is 380 g/mol. The van der Waals surface area contributed by atoms with E-state index in [4.69, 9.17) is 11.6 Å². The van der Waals surface area contributed by atoms with Gasteiger partial charge in [0, 0.05) is 21.1 Å². The van der Waals surface area contributed by atoms with Gasteiger partial charge in [0.1, 0.15) is 0 Å². The fourth-order valence-corrected chi connectivity index (χ4v) is 2.24. The lowest BCUT2D eigenvalue weighted by atomic mass is 10.2. The van der Waals surface area contributed by atoms with Gasteiger partial charge in [-0.1, -0.05) is 51.8 Å². The largest absolute Gasteiger partial charge is 0.269 e. The molecular formula is C16H12BrClN2O2. The standard InChI is InChI=1S/C16H12BrClN2O2/c17-14-7-2-1-4-11(14)8-9-15(21)19-20-16(22)12-5-3-6-13(18)10-12/h1-10H,(H,19,21)(H,20,22)/b9-8+. The van der Waals surface area contributed by atoms with E-state index in [0.29, 0.717) is 10.6 Å². The second-order valence-corrected chi connectivity index (χ2v) is 5.60. The van der Waals surface area contributed by atoms with Gasteiger partial charge in [0.05, 0.1) is 0 Å². The second kappa shape index (κ2) is 7.77. The van der Waals surface area contributed by atoms with Crippen molar-refractivity contribution in [2.24, 2.45) is 0 Å². The first-order valence-electron chi connectivity index (χ1n) is 6.35. The molecule has 2 aromatic rings. The molecule has 0 aromatic heterocycles. The Bertz CT molecular complexity index is 732. The number of nitrogens with one attached hydrogen (secondary N) is 2. The topological polar surface area (TPSA) is 58.2 Å². The predicted octanol–water partition coefficient (Wildman–Crippen LogP) is 3.58. The van der Waals surface area contributed by atoms with E-state index in [-0.39, 0.29) is 0 Å². The summed E-state index contributed by atoms with van der Waals surface area (Å²) in [7, 11) is 0. The number of halogens is 2. The molecule has 0 aliphatic heterocycles. The predicted molar refractivity (Wildman–Crippen MR) is 90.2 cm³/mol. The number of hydrazine groups is 1. The highest BCUT2D eigenvalue weighted by molar-refractivity contribution is 9.10. The Morgan fingerprint density at radius 2 is 1.82 bits per heavy atom. The maximum absolute atomic E-state index is 11.8. The van der Waals surface area contributed by atoms with Crippen LogP contribution in [-0.4, -0.2) is 11.8 Å². The fourth-order valence-electron chi connectivity index (χ4n) is 1.64. The monoisotopic (exact) mass is 378 g/mol. The summed E-state index contributed by atoms with van der Waals surface area (Å²) < 4.78 is 0.877. The smallest absolute Gasteiger partial charge is 0.268 e. The highest BCUT2D eigenvalue weighted by Crippen LogP contribution is 2.16. The highest BCUT2D eigenvalue weighted by Gasteiger charge is 2.06. The van der Waals surface area contributed by atoms with Crippen molar-refractivity contribution >= 4 is 45.4 Å². The molecule has 0 spiro atoms. The molecule has 22 heavy (non-hydrogen) atoms. The van der Waals surface area contributed by atoms with Crippen LogP contribution in [0.15, 0.2) is 59.1 Å². The van der Waals surface area contributed by atoms with Crippen LogP contribution in [-0.2, 0) is 4.79 Å². The number of rotatable bonds is 3. The van der Waals surface area contributed by atoms with Gasteiger partial charge in [-0.15, -0.1) is 0 Å². The Labute approximate surface area is 141 Å². The first kappa shape index (κ1) is 16.3. The number of benzene rings is 2. The molecule has 0 radical (unpaired) electrons. The van der Waals surface area contributed by atoms with Crippen molar-refractivity contribution < 1.29 is 9.59 Å². The van der Waals surface area contributed by atoms with Crippen LogP contribution in [0.3, 0.4) is 0 Å². The average Bonchev–Trinajstić information content (AvgIpc) is 2.52. The molecule has 0 atom stereocenters. The number of carbonyl (C=O) groups is 2. The number of amides is 2. The molecule has 6 heteroatoms. The lowest BCUT2D eigenvalue weighted by Crippen LogP contribution is -2.40. The van der Waals surface area contributed by atoms with Crippen LogP contribution in [0.5, 0.6) is 0 Å². The Balaban J connectivity index is 1.90. The molecule has 2 N–H and O–H groups in total. The van der Waals surface area contributed by atoms with E-state index in [2.05, 4.69) is 26.8 Å². The van der Waals surface area contributed by atoms with E-state index in [1.807, 2.05) is 24.3 Å². The van der Waals surface area contributed by atoms with Crippen LogP contribution in [0.2, 0.25) is 5.02 Å². The Hall–Kier alpha value is -2.11. The van der Waals surface area contributed by atoms with Crippen LogP contribution in [0.4, 0.5) is 0 Å². The van der Waals surface area contributed by atoms with Crippen LogP contribution in [0, 0.1) is 0 Å². The van der Waals surface area contributed by atoms with E-state index in [1.54, 1.807) is 24.3 Å². The summed E-state index contributed by atoms with van der Waals surface area (Å²) in [5, 5.41) is 0.452. The molecule has 0 heterocycles. The normalized spacial score (nSPS) is 10.5. The van der Waals surface area contributed by atoms with E-state index in [9.17, 15) is 9.59 Å². The Morgan fingerprint density at radius 1 is 1.05 bits per heavy atom. The molecule has 0 aliphatic carbocycles. The molecule has 2 aromatic carbocycles. The van der Waals surface area contributed by atoms with Crippen molar-refractivity contribution in [3.8, 4) is 0 Å². The van der Waals surface area contributed by atoms with Crippen molar-refractivity contribution in [1.82, 2.24) is 10.9 Å². The first-order valence-corrected chi connectivity index (χ1v) is 7.52. The van der Waals surface area contributed by atoms with Crippen LogP contribution >= 0.6 is 27.5 Å². The van der Waals surface area contributed by atoms with Crippen molar-refractivity contribution in [3.05, 3.63) is 75.2 Å². The van der Waals surface area contributed by atoms with Gasteiger partial charge in [0.2, 0.25) is 0 Å². The van der Waals surface area contributed by atoms with Crippen molar-refractivity contribution in [2.75, 3.05) is 0 Å². The minimum atomic E-state index is -0.440. The van der Waals surface area contributed by atoms with Crippen molar-refractivity contribution in [2.45, 2.75) is 0 Å². The molecule has 4 nitrogen and oxygen atoms in total. The summed E-state index contributed by atoms with van der Waals surface area (Å²) in [4.78, 5) is 23.5. The van der Waals surface area contributed by atoms with Gasteiger partial charge in [0.25, 0.3) is 11.8 Å². The van der Waals surface area contributed by atoms with Gasteiger partial charge >= 0.3 is 0 Å². The number of carbonyl (C=O) groups excluding carboxylic acids is 2. The molecule has 0 saturated heterocycles. The van der Waals surface area contributed by atoms with Crippen molar-refractivity contribution in [3.63, 3.8) is 0 Å². The maximum Gasteiger partial charge on any atom is 0.269 e. The van der Waals surface area contributed by atoms with Crippen LogP contribution in [0.25, 0.3) is 6.08 Å². The van der Waals surface area contributed by atoms with Gasteiger partial charge < -0.3 is 0 Å². The molecule has 112 valence electrons. The van der Waals surface area contributed by atoms with Crippen LogP contribution < -0.4 is 10.9 Å². The van der Waals surface area contributed by atoms with Gasteiger partial charge in [-0.05, 0) is 35.9 Å². The first-order chi connectivity index (χ1) is 10.6. The lowest BCUT2D eigenvalue weighted by Gasteiger charge is -2.05. The minimum absolute atomic E-state index is 0.364. The zero-order chi connectivity index (χ0) is 15.9. The molecule has 0 bridgehead atoms. The van der Waals surface area contributed by atoms with Gasteiger partial charge in [-0.2, -0.15) is 0 Å².